The predicted molar refractivity (Wildman–Crippen MR) is 67.8 cm³/mol. The van der Waals surface area contributed by atoms with Crippen molar-refractivity contribution in [3.63, 3.8) is 0 Å². The van der Waals surface area contributed by atoms with Gasteiger partial charge in [-0.25, -0.2) is 0 Å². The van der Waals surface area contributed by atoms with E-state index in [0.717, 1.165) is 21.1 Å². The molecule has 3 nitrogen and oxygen atoms in total. The summed E-state index contributed by atoms with van der Waals surface area (Å²) in [5.41, 5.74) is 1.64. The Morgan fingerprint density at radius 1 is 1.44 bits per heavy atom. The SMILES string of the molecule is CC(=O)c1cccc2c(Br)nn(C(C)C)c12. The molecule has 0 fully saturated rings. The topological polar surface area (TPSA) is 34.9 Å². The van der Waals surface area contributed by atoms with Crippen LogP contribution >= 0.6 is 15.9 Å². The smallest absolute Gasteiger partial charge is 0.161 e. The van der Waals surface area contributed by atoms with E-state index in [-0.39, 0.29) is 11.8 Å². The van der Waals surface area contributed by atoms with Crippen molar-refractivity contribution in [3.8, 4) is 0 Å². The number of carbonyl (C=O) groups excluding carboxylic acids is 1. The normalized spacial score (nSPS) is 11.3. The minimum atomic E-state index is 0.0694. The molecule has 1 heterocycles. The summed E-state index contributed by atoms with van der Waals surface area (Å²) < 4.78 is 2.68. The minimum Gasteiger partial charge on any atom is -0.294 e. The average Bonchev–Trinajstić information content (AvgIpc) is 2.56. The maximum Gasteiger partial charge on any atom is 0.161 e. The lowest BCUT2D eigenvalue weighted by Gasteiger charge is -2.09. The molecule has 0 bridgehead atoms. The zero-order valence-corrected chi connectivity index (χ0v) is 11.1. The van der Waals surface area contributed by atoms with Gasteiger partial charge in [-0.05, 0) is 48.8 Å². The van der Waals surface area contributed by atoms with E-state index in [1.165, 1.54) is 0 Å². The zero-order chi connectivity index (χ0) is 11.9. The summed E-state index contributed by atoms with van der Waals surface area (Å²) in [4.78, 5) is 11.6. The molecule has 0 amide bonds. The highest BCUT2D eigenvalue weighted by molar-refractivity contribution is 9.10. The largest absolute Gasteiger partial charge is 0.294 e. The number of hydrogen-bond donors (Lipinski definition) is 0. The first kappa shape index (κ1) is 11.3. The Labute approximate surface area is 103 Å². The summed E-state index contributed by atoms with van der Waals surface area (Å²) in [7, 11) is 0. The maximum absolute atomic E-state index is 11.6. The number of rotatable bonds is 2. The number of para-hydroxylation sites is 1. The summed E-state index contributed by atoms with van der Waals surface area (Å²) in [6, 6.07) is 5.93. The third-order valence-corrected chi connectivity index (χ3v) is 3.14. The molecule has 1 aromatic heterocycles. The van der Waals surface area contributed by atoms with Gasteiger partial charge in [-0.1, -0.05) is 6.07 Å². The molecule has 4 heteroatoms. The summed E-state index contributed by atoms with van der Waals surface area (Å²) in [6.45, 7) is 5.69. The van der Waals surface area contributed by atoms with E-state index in [9.17, 15) is 4.79 Å². The monoisotopic (exact) mass is 280 g/mol. The Balaban J connectivity index is 2.88. The van der Waals surface area contributed by atoms with Gasteiger partial charge in [0.05, 0.1) is 5.52 Å². The molecule has 0 aliphatic rings. The average molecular weight is 281 g/mol. The first-order valence-electron chi connectivity index (χ1n) is 5.20. The second-order valence-corrected chi connectivity index (χ2v) is 4.84. The first-order chi connectivity index (χ1) is 7.52. The number of ketones is 1. The minimum absolute atomic E-state index is 0.0694. The van der Waals surface area contributed by atoms with Crippen molar-refractivity contribution in [1.29, 1.82) is 0 Å². The highest BCUT2D eigenvalue weighted by atomic mass is 79.9. The van der Waals surface area contributed by atoms with Gasteiger partial charge >= 0.3 is 0 Å². The molecular weight excluding hydrogens is 268 g/mol. The number of halogens is 1. The van der Waals surface area contributed by atoms with Crippen LogP contribution in [-0.2, 0) is 0 Å². The number of hydrogen-bond acceptors (Lipinski definition) is 2. The van der Waals surface area contributed by atoms with E-state index in [0.29, 0.717) is 0 Å². The van der Waals surface area contributed by atoms with Crippen LogP contribution in [0.4, 0.5) is 0 Å². The van der Waals surface area contributed by atoms with Gasteiger partial charge in [-0.3, -0.25) is 9.48 Å². The molecule has 0 radical (unpaired) electrons. The number of aromatic nitrogens is 2. The summed E-state index contributed by atoms with van der Waals surface area (Å²) in [6.07, 6.45) is 0. The van der Waals surface area contributed by atoms with Crippen LogP contribution in [0.5, 0.6) is 0 Å². The lowest BCUT2D eigenvalue weighted by molar-refractivity contribution is 0.101. The highest BCUT2D eigenvalue weighted by Crippen LogP contribution is 2.28. The van der Waals surface area contributed by atoms with Crippen molar-refractivity contribution in [2.75, 3.05) is 0 Å². The fourth-order valence-electron chi connectivity index (χ4n) is 1.81. The van der Waals surface area contributed by atoms with Gasteiger partial charge in [0.25, 0.3) is 0 Å². The summed E-state index contributed by atoms with van der Waals surface area (Å²) in [5, 5.41) is 5.40. The summed E-state index contributed by atoms with van der Waals surface area (Å²) in [5.74, 6) is 0.0694. The molecule has 0 saturated carbocycles. The first-order valence-corrected chi connectivity index (χ1v) is 5.99. The van der Waals surface area contributed by atoms with Gasteiger partial charge in [0.2, 0.25) is 0 Å². The quantitative estimate of drug-likeness (QED) is 0.788. The van der Waals surface area contributed by atoms with Gasteiger partial charge in [-0.2, -0.15) is 5.10 Å². The van der Waals surface area contributed by atoms with E-state index < -0.39 is 0 Å². The third-order valence-electron chi connectivity index (χ3n) is 2.55. The fourth-order valence-corrected chi connectivity index (χ4v) is 2.30. The summed E-state index contributed by atoms with van der Waals surface area (Å²) >= 11 is 3.43. The molecule has 0 aliphatic heterocycles. The number of nitrogens with zero attached hydrogens (tertiary/aromatic N) is 2. The van der Waals surface area contributed by atoms with Crippen LogP contribution in [0.3, 0.4) is 0 Å². The van der Waals surface area contributed by atoms with Crippen molar-refractivity contribution < 1.29 is 4.79 Å². The van der Waals surface area contributed by atoms with Gasteiger partial charge in [-0.15, -0.1) is 0 Å². The van der Waals surface area contributed by atoms with E-state index >= 15 is 0 Å². The second kappa shape index (κ2) is 4.01. The lowest BCUT2D eigenvalue weighted by Crippen LogP contribution is -2.05. The number of carbonyl (C=O) groups is 1. The van der Waals surface area contributed by atoms with Crippen LogP contribution in [0.1, 0.15) is 37.2 Å². The Morgan fingerprint density at radius 2 is 2.12 bits per heavy atom. The van der Waals surface area contributed by atoms with Crippen LogP contribution in [0.15, 0.2) is 22.8 Å². The Hall–Kier alpha value is -1.16. The number of Topliss-reactive ketones (excluding diaryl/α,β-unsaturated/α-hetero) is 1. The molecule has 0 spiro atoms. The van der Waals surface area contributed by atoms with Crippen molar-refractivity contribution in [3.05, 3.63) is 28.4 Å². The van der Waals surface area contributed by atoms with Crippen molar-refractivity contribution in [2.45, 2.75) is 26.8 Å². The fraction of sp³-hybridized carbons (Fsp3) is 0.333. The van der Waals surface area contributed by atoms with E-state index in [2.05, 4.69) is 34.9 Å². The standard InChI is InChI=1S/C12H13BrN2O/c1-7(2)15-11-9(8(3)16)5-4-6-10(11)12(13)14-15/h4-7H,1-3H3. The molecule has 0 saturated heterocycles. The van der Waals surface area contributed by atoms with Crippen LogP contribution in [0.2, 0.25) is 0 Å². The molecule has 84 valence electrons. The Kier molecular flexibility index (Phi) is 2.84. The van der Waals surface area contributed by atoms with Gasteiger partial charge in [0, 0.05) is 17.0 Å². The maximum atomic E-state index is 11.6. The van der Waals surface area contributed by atoms with Crippen LogP contribution in [0, 0.1) is 0 Å². The van der Waals surface area contributed by atoms with Gasteiger partial charge < -0.3 is 0 Å². The van der Waals surface area contributed by atoms with Crippen molar-refractivity contribution >= 4 is 32.6 Å². The van der Waals surface area contributed by atoms with Gasteiger partial charge in [0.1, 0.15) is 4.60 Å². The highest BCUT2D eigenvalue weighted by Gasteiger charge is 2.15. The van der Waals surface area contributed by atoms with Crippen molar-refractivity contribution in [2.24, 2.45) is 0 Å². The zero-order valence-electron chi connectivity index (χ0n) is 9.49. The molecule has 0 aliphatic carbocycles. The molecule has 1 aromatic carbocycles. The second-order valence-electron chi connectivity index (χ2n) is 4.09. The Morgan fingerprint density at radius 3 is 2.69 bits per heavy atom. The molecule has 0 atom stereocenters. The van der Waals surface area contributed by atoms with Gasteiger partial charge in [0.15, 0.2) is 5.78 Å². The van der Waals surface area contributed by atoms with Crippen molar-refractivity contribution in [1.82, 2.24) is 9.78 Å². The van der Waals surface area contributed by atoms with E-state index in [1.54, 1.807) is 6.92 Å². The van der Waals surface area contributed by atoms with Crippen LogP contribution < -0.4 is 0 Å². The molecule has 2 aromatic rings. The lowest BCUT2D eigenvalue weighted by atomic mass is 10.1. The van der Waals surface area contributed by atoms with Crippen LogP contribution in [-0.4, -0.2) is 15.6 Å². The molecule has 16 heavy (non-hydrogen) atoms. The van der Waals surface area contributed by atoms with Crippen LogP contribution in [0.25, 0.3) is 10.9 Å². The molecule has 2 rings (SSSR count). The Bertz CT molecular complexity index is 557. The molecular formula is C12H13BrN2O. The molecule has 0 unspecified atom stereocenters. The number of fused-ring (bicyclic) bond motifs is 1. The number of benzene rings is 1. The van der Waals surface area contributed by atoms with E-state index in [4.69, 9.17) is 0 Å². The van der Waals surface area contributed by atoms with E-state index in [1.807, 2.05) is 22.9 Å². The third kappa shape index (κ3) is 1.67. The molecule has 0 N–H and O–H groups in total. The predicted octanol–water partition coefficient (Wildman–Crippen LogP) is 3.58.